The molecule has 0 amide bonds. The molecular weight excluding hydrogens is 331 g/mol. The fourth-order valence-electron chi connectivity index (χ4n) is 0. The van der Waals surface area contributed by atoms with Gasteiger partial charge >= 0.3 is 8.67 Å². The smallest absolute Gasteiger partial charge is 0.412 e. The lowest BCUT2D eigenvalue weighted by atomic mass is 16.0. The predicted molar refractivity (Wildman–Crippen MR) is 47.0 cm³/mol. The Morgan fingerprint density at radius 2 is 0.625 bits per heavy atom. The maximum absolute atomic E-state index is 3.24. The van der Waals surface area contributed by atoms with Crippen molar-refractivity contribution in [1.82, 2.24) is 0 Å². The van der Waals surface area contributed by atoms with E-state index in [-0.39, 0.29) is 21.9 Å². The molecule has 0 fully saturated rings. The fraction of sp³-hybridized carbons (Fsp3) is 0. The quantitative estimate of drug-likeness (QED) is 0.495. The van der Waals surface area contributed by atoms with Gasteiger partial charge in [-0.25, -0.2) is 0 Å². The van der Waals surface area contributed by atoms with Crippen LogP contribution in [0.3, 0.4) is 0 Å². The standard InChI is InChI=1S/Al.3BrH.4H2O/h;3*1H;4*1H2/q+3;;;;;;;/p-3. The van der Waals surface area contributed by atoms with Crippen molar-refractivity contribution in [3.8, 4) is 0 Å². The molecule has 8 N–H and O–H groups in total. The van der Waals surface area contributed by atoms with Crippen LogP contribution in [0, 0.1) is 0 Å². The van der Waals surface area contributed by atoms with Crippen molar-refractivity contribution in [3.63, 3.8) is 0 Å². The van der Waals surface area contributed by atoms with Crippen molar-refractivity contribution in [3.05, 3.63) is 0 Å². The van der Waals surface area contributed by atoms with E-state index in [4.69, 9.17) is 0 Å². The SMILES string of the molecule is O.O.O.O.[Br][Al]([Br])[Br]. The second-order valence-electron chi connectivity index (χ2n) is 0.247. The van der Waals surface area contributed by atoms with Crippen LogP contribution in [0.1, 0.15) is 0 Å². The number of halogens is 3. The van der Waals surface area contributed by atoms with Gasteiger partial charge in [-0.05, 0) is 0 Å². The maximum atomic E-state index is 3.24. The minimum atomic E-state index is -0.701. The van der Waals surface area contributed by atoms with Crippen LogP contribution in [0.25, 0.3) is 0 Å². The van der Waals surface area contributed by atoms with Crippen molar-refractivity contribution in [2.75, 3.05) is 0 Å². The highest BCUT2D eigenvalue weighted by Crippen LogP contribution is 2.07. The molecule has 0 aliphatic heterocycles. The monoisotopic (exact) mass is 336 g/mol. The molecule has 0 radical (unpaired) electrons. The molecule has 56 valence electrons. The summed E-state index contributed by atoms with van der Waals surface area (Å²) >= 11 is 9.73. The summed E-state index contributed by atoms with van der Waals surface area (Å²) in [5, 5.41) is 0. The van der Waals surface area contributed by atoms with Gasteiger partial charge in [-0.1, -0.05) is 0 Å². The van der Waals surface area contributed by atoms with Crippen LogP contribution in [-0.4, -0.2) is 30.6 Å². The second-order valence-corrected chi connectivity index (χ2v) is 20.0. The van der Waals surface area contributed by atoms with Crippen LogP contribution in [0.4, 0.5) is 0 Å². The van der Waals surface area contributed by atoms with Crippen molar-refractivity contribution < 1.29 is 21.9 Å². The first kappa shape index (κ1) is 32.9. The summed E-state index contributed by atoms with van der Waals surface area (Å²) in [5.74, 6) is 0. The Hall–Kier alpha value is 1.81. The van der Waals surface area contributed by atoms with Crippen molar-refractivity contribution in [2.24, 2.45) is 0 Å². The Kier molecular flexibility index (Phi) is 95.5. The van der Waals surface area contributed by atoms with Crippen LogP contribution < -0.4 is 0 Å². The molecular formula is H8AlBr3O4. The number of hydrogen-bond donors (Lipinski definition) is 0. The first-order valence-corrected chi connectivity index (χ1v) is 10.2. The molecule has 0 saturated heterocycles. The van der Waals surface area contributed by atoms with Gasteiger partial charge in [0.2, 0.25) is 0 Å². The predicted octanol–water partition coefficient (Wildman–Crippen LogP) is -1.14. The summed E-state index contributed by atoms with van der Waals surface area (Å²) < 4.78 is 0. The highest BCUT2D eigenvalue weighted by Gasteiger charge is 1.95. The first-order chi connectivity index (χ1) is 1.73. The Morgan fingerprint density at radius 3 is 0.625 bits per heavy atom. The molecule has 0 heterocycles. The van der Waals surface area contributed by atoms with Crippen LogP contribution >= 0.6 is 42.2 Å². The lowest BCUT2D eigenvalue weighted by molar-refractivity contribution is 0.823. The van der Waals surface area contributed by atoms with E-state index < -0.39 is 8.67 Å². The average Bonchev–Trinajstić information content (AvgIpc) is 0.811. The normalized spacial score (nSPS) is 3.38. The third-order valence-corrected chi connectivity index (χ3v) is 0. The molecule has 0 aliphatic carbocycles. The van der Waals surface area contributed by atoms with Gasteiger partial charge < -0.3 is 21.9 Å². The molecule has 0 aromatic carbocycles. The third kappa shape index (κ3) is 110. The van der Waals surface area contributed by atoms with Gasteiger partial charge in [0.1, 0.15) is 0 Å². The van der Waals surface area contributed by atoms with E-state index in [2.05, 4.69) is 42.2 Å². The summed E-state index contributed by atoms with van der Waals surface area (Å²) in [6.45, 7) is 0. The van der Waals surface area contributed by atoms with Crippen molar-refractivity contribution in [1.29, 1.82) is 0 Å². The summed E-state index contributed by atoms with van der Waals surface area (Å²) in [6, 6.07) is 0. The average molecular weight is 339 g/mol. The molecule has 0 aromatic heterocycles. The van der Waals surface area contributed by atoms with E-state index >= 15 is 0 Å². The number of hydrogen-bond acceptors (Lipinski definition) is 0. The Labute approximate surface area is 72.2 Å². The summed E-state index contributed by atoms with van der Waals surface area (Å²) in [7, 11) is -0.701. The zero-order chi connectivity index (χ0) is 3.58. The lowest BCUT2D eigenvalue weighted by Crippen LogP contribution is -1.60. The Morgan fingerprint density at radius 1 is 0.625 bits per heavy atom. The first-order valence-electron chi connectivity index (χ1n) is 0.655. The molecule has 0 unspecified atom stereocenters. The molecule has 0 aromatic rings. The number of rotatable bonds is 0. The van der Waals surface area contributed by atoms with E-state index in [0.717, 1.165) is 0 Å². The van der Waals surface area contributed by atoms with Crippen LogP contribution in [0.15, 0.2) is 0 Å². The van der Waals surface area contributed by atoms with Gasteiger partial charge in [-0.3, -0.25) is 0 Å². The van der Waals surface area contributed by atoms with Crippen molar-refractivity contribution in [2.45, 2.75) is 0 Å². The minimum absolute atomic E-state index is 0. The van der Waals surface area contributed by atoms with Gasteiger partial charge in [0, 0.05) is 0 Å². The Bertz CT molecular complexity index is 16.0. The molecule has 0 bridgehead atoms. The Balaban J connectivity index is -0.00000000750. The summed E-state index contributed by atoms with van der Waals surface area (Å²) in [5.41, 5.74) is 0. The van der Waals surface area contributed by atoms with Gasteiger partial charge in [0.05, 0.1) is 0 Å². The molecule has 8 heteroatoms. The molecule has 0 rings (SSSR count). The second kappa shape index (κ2) is 23.2. The molecule has 0 saturated carbocycles. The van der Waals surface area contributed by atoms with E-state index in [9.17, 15) is 0 Å². The molecule has 0 atom stereocenters. The van der Waals surface area contributed by atoms with E-state index in [0.29, 0.717) is 0 Å². The van der Waals surface area contributed by atoms with Crippen LogP contribution in [-0.2, 0) is 0 Å². The van der Waals surface area contributed by atoms with E-state index in [1.807, 2.05) is 0 Å². The van der Waals surface area contributed by atoms with Gasteiger partial charge in [0.15, 0.2) is 0 Å². The zero-order valence-electron chi connectivity index (χ0n) is 3.71. The molecule has 4 nitrogen and oxygen atoms in total. The molecule has 0 spiro atoms. The molecule has 8 heavy (non-hydrogen) atoms. The molecule has 0 aliphatic rings. The third-order valence-electron chi connectivity index (χ3n) is 0. The minimum Gasteiger partial charge on any atom is -0.412 e. The van der Waals surface area contributed by atoms with E-state index in [1.54, 1.807) is 0 Å². The van der Waals surface area contributed by atoms with Gasteiger partial charge in [0.25, 0.3) is 0 Å². The summed E-state index contributed by atoms with van der Waals surface area (Å²) in [6.07, 6.45) is 0. The van der Waals surface area contributed by atoms with Crippen LogP contribution in [0.5, 0.6) is 0 Å². The summed E-state index contributed by atoms with van der Waals surface area (Å²) in [4.78, 5) is 0. The highest BCUT2D eigenvalue weighted by molar-refractivity contribution is 9.69. The van der Waals surface area contributed by atoms with Crippen LogP contribution in [0.2, 0.25) is 0 Å². The topological polar surface area (TPSA) is 126 Å². The fourth-order valence-corrected chi connectivity index (χ4v) is 0. The van der Waals surface area contributed by atoms with Crippen molar-refractivity contribution >= 4 is 50.8 Å². The lowest BCUT2D eigenvalue weighted by Gasteiger charge is -1.59. The maximum Gasteiger partial charge on any atom is 0.542 e. The van der Waals surface area contributed by atoms with E-state index in [1.165, 1.54) is 0 Å². The van der Waals surface area contributed by atoms with Gasteiger partial charge in [-0.2, -0.15) is 42.2 Å². The zero-order valence-corrected chi connectivity index (χ0v) is 9.62. The highest BCUT2D eigenvalue weighted by atomic mass is 80.0. The van der Waals surface area contributed by atoms with Gasteiger partial charge in [-0.15, -0.1) is 0 Å². The largest absolute Gasteiger partial charge is 0.542 e.